The van der Waals surface area contributed by atoms with Gasteiger partial charge in [0.05, 0.1) is 18.7 Å². The highest BCUT2D eigenvalue weighted by atomic mass is 16.4. The molecule has 220 valence electrons. The van der Waals surface area contributed by atoms with Crippen LogP contribution in [0.5, 0.6) is 0 Å². The molecule has 8 N–H and O–H groups in total. The minimum Gasteiger partial charge on any atom is -0.480 e. The van der Waals surface area contributed by atoms with Crippen LogP contribution in [0.1, 0.15) is 29.8 Å². The van der Waals surface area contributed by atoms with Gasteiger partial charge in [-0.15, -0.1) is 0 Å². The van der Waals surface area contributed by atoms with Gasteiger partial charge in [0.25, 0.3) is 0 Å². The van der Waals surface area contributed by atoms with Crippen molar-refractivity contribution in [2.24, 2.45) is 5.73 Å². The van der Waals surface area contributed by atoms with Crippen molar-refractivity contribution in [2.45, 2.75) is 56.3 Å². The Bertz CT molecular complexity index is 1530. The number of carbonyl (C=O) groups excluding carboxylic acids is 3. The molecule has 1 fully saturated rings. The van der Waals surface area contributed by atoms with Crippen molar-refractivity contribution in [1.29, 1.82) is 0 Å². The maximum atomic E-state index is 13.6. The highest BCUT2D eigenvalue weighted by molar-refractivity contribution is 5.95. The van der Waals surface area contributed by atoms with Crippen LogP contribution >= 0.6 is 0 Å². The fraction of sp³-hybridized carbons (Fsp3) is 0.357. The van der Waals surface area contributed by atoms with Gasteiger partial charge in [0, 0.05) is 66.7 Å². The maximum Gasteiger partial charge on any atom is 0.326 e. The van der Waals surface area contributed by atoms with Crippen molar-refractivity contribution in [1.82, 2.24) is 40.5 Å². The summed E-state index contributed by atoms with van der Waals surface area (Å²) in [5.74, 6) is -2.76. The molecule has 3 aromatic heterocycles. The molecule has 0 saturated carbocycles. The summed E-state index contributed by atoms with van der Waals surface area (Å²) in [6, 6.07) is 3.48. The topological polar surface area (TPSA) is 215 Å². The molecule has 14 heteroatoms. The maximum absolute atomic E-state index is 13.6. The second-order valence-electron chi connectivity index (χ2n) is 10.4. The summed E-state index contributed by atoms with van der Waals surface area (Å²) in [5, 5.41) is 16.0. The molecule has 1 saturated heterocycles. The Morgan fingerprint density at radius 2 is 1.69 bits per heavy atom. The molecule has 4 atom stereocenters. The van der Waals surface area contributed by atoms with E-state index in [-0.39, 0.29) is 25.2 Å². The van der Waals surface area contributed by atoms with E-state index in [1.54, 1.807) is 12.4 Å². The molecule has 3 amide bonds. The number of carboxylic acids is 1. The highest BCUT2D eigenvalue weighted by Gasteiger charge is 2.38. The van der Waals surface area contributed by atoms with E-state index in [4.69, 9.17) is 5.73 Å². The van der Waals surface area contributed by atoms with Gasteiger partial charge in [-0.05, 0) is 24.5 Å². The van der Waals surface area contributed by atoms with Gasteiger partial charge in [-0.25, -0.2) is 14.8 Å². The van der Waals surface area contributed by atoms with Crippen LogP contribution in [0, 0.1) is 0 Å². The van der Waals surface area contributed by atoms with Crippen molar-refractivity contribution < 1.29 is 24.3 Å². The zero-order valence-corrected chi connectivity index (χ0v) is 22.7. The van der Waals surface area contributed by atoms with Gasteiger partial charge in [0.2, 0.25) is 17.7 Å². The summed E-state index contributed by atoms with van der Waals surface area (Å²) in [4.78, 5) is 70.6. The van der Waals surface area contributed by atoms with Crippen molar-refractivity contribution in [3.8, 4) is 0 Å². The second kappa shape index (κ2) is 12.7. The van der Waals surface area contributed by atoms with E-state index in [2.05, 4.69) is 35.6 Å². The standard InChI is InChI=1S/C28H33N9O5/c29-20(9-17-12-30-14-33-17)27(40)37-7-3-6-24(37)26(39)35-22(8-16-11-32-21-5-2-1-4-19(16)21)25(38)36-23(28(41)42)10-18-13-31-15-34-18/h1-2,4-5,11-15,20,22-24,32H,3,6-10,29H2,(H,30,33)(H,31,34)(H,35,39)(H,36,38)(H,41,42). The quantitative estimate of drug-likeness (QED) is 0.122. The molecule has 0 radical (unpaired) electrons. The van der Waals surface area contributed by atoms with Gasteiger partial charge in [0.15, 0.2) is 0 Å². The molecule has 1 aliphatic heterocycles. The number of aliphatic carboxylic acids is 1. The Morgan fingerprint density at radius 1 is 0.976 bits per heavy atom. The average molecular weight is 576 g/mol. The predicted octanol–water partition coefficient (Wildman–Crippen LogP) is 0.0145. The van der Waals surface area contributed by atoms with Gasteiger partial charge in [-0.3, -0.25) is 14.4 Å². The summed E-state index contributed by atoms with van der Waals surface area (Å²) >= 11 is 0. The Labute approximate surface area is 240 Å². The normalized spacial score (nSPS) is 17.1. The molecule has 1 aliphatic rings. The van der Waals surface area contributed by atoms with Crippen LogP contribution in [0.2, 0.25) is 0 Å². The van der Waals surface area contributed by atoms with E-state index >= 15 is 0 Å². The smallest absolute Gasteiger partial charge is 0.326 e. The number of aromatic amines is 3. The minimum absolute atomic E-state index is 0.0199. The van der Waals surface area contributed by atoms with Crippen molar-refractivity contribution in [2.75, 3.05) is 6.54 Å². The number of para-hydroxylation sites is 1. The number of nitrogens with zero attached hydrogens (tertiary/aromatic N) is 3. The molecule has 14 nitrogen and oxygen atoms in total. The molecular weight excluding hydrogens is 542 g/mol. The SMILES string of the molecule is NC(Cc1cnc[nH]1)C(=O)N1CCCC1C(=O)NC(Cc1c[nH]c2ccccc12)C(=O)NC(Cc1cnc[nH]1)C(=O)O. The number of benzene rings is 1. The van der Waals surface area contributed by atoms with Gasteiger partial charge in [-0.2, -0.15) is 0 Å². The van der Waals surface area contributed by atoms with E-state index in [1.807, 2.05) is 24.3 Å². The average Bonchev–Trinajstić information content (AvgIpc) is 3.80. The molecule has 4 heterocycles. The van der Waals surface area contributed by atoms with Crippen molar-refractivity contribution >= 4 is 34.6 Å². The Kier molecular flexibility index (Phi) is 8.62. The van der Waals surface area contributed by atoms with Crippen LogP contribution in [0.15, 0.2) is 55.5 Å². The van der Waals surface area contributed by atoms with E-state index in [0.29, 0.717) is 30.8 Å². The zero-order valence-electron chi connectivity index (χ0n) is 22.7. The molecule has 4 unspecified atom stereocenters. The van der Waals surface area contributed by atoms with Crippen molar-refractivity contribution in [3.05, 3.63) is 72.5 Å². The number of hydrogen-bond donors (Lipinski definition) is 7. The summed E-state index contributed by atoms with van der Waals surface area (Å²) < 4.78 is 0. The lowest BCUT2D eigenvalue weighted by Gasteiger charge is -2.28. The fourth-order valence-corrected chi connectivity index (χ4v) is 5.32. The summed E-state index contributed by atoms with van der Waals surface area (Å²) in [6.07, 6.45) is 9.08. The Morgan fingerprint density at radius 3 is 2.38 bits per heavy atom. The van der Waals surface area contributed by atoms with E-state index in [0.717, 1.165) is 16.5 Å². The Balaban J connectivity index is 1.33. The summed E-state index contributed by atoms with van der Waals surface area (Å²) in [6.45, 7) is 0.359. The Hall–Kier alpha value is -4.98. The van der Waals surface area contributed by atoms with Gasteiger partial charge >= 0.3 is 5.97 Å². The van der Waals surface area contributed by atoms with Crippen LogP contribution in [0.3, 0.4) is 0 Å². The number of nitrogens with two attached hydrogens (primary N) is 1. The molecule has 0 aliphatic carbocycles. The first kappa shape index (κ1) is 28.5. The zero-order chi connectivity index (χ0) is 29.6. The van der Waals surface area contributed by atoms with E-state index in [1.165, 1.54) is 23.8 Å². The molecule has 0 bridgehead atoms. The predicted molar refractivity (Wildman–Crippen MR) is 151 cm³/mol. The third-order valence-corrected chi connectivity index (χ3v) is 7.48. The molecule has 4 aromatic rings. The first-order valence-corrected chi connectivity index (χ1v) is 13.7. The second-order valence-corrected chi connectivity index (χ2v) is 10.4. The van der Waals surface area contributed by atoms with Gasteiger partial charge in [0.1, 0.15) is 18.1 Å². The summed E-state index contributed by atoms with van der Waals surface area (Å²) in [7, 11) is 0. The van der Waals surface area contributed by atoms with Crippen LogP contribution in [0.25, 0.3) is 10.9 Å². The monoisotopic (exact) mass is 575 g/mol. The first-order chi connectivity index (χ1) is 20.3. The molecule has 1 aromatic carbocycles. The van der Waals surface area contributed by atoms with Gasteiger partial charge in [-0.1, -0.05) is 18.2 Å². The lowest BCUT2D eigenvalue weighted by molar-refractivity contribution is -0.143. The number of aromatic nitrogens is 5. The number of carboxylic acid groups (broad SMARTS) is 1. The molecule has 42 heavy (non-hydrogen) atoms. The third kappa shape index (κ3) is 6.49. The van der Waals surface area contributed by atoms with Crippen LogP contribution < -0.4 is 16.4 Å². The van der Waals surface area contributed by atoms with Crippen LogP contribution in [-0.4, -0.2) is 89.3 Å². The molecular formula is C28H33N9O5. The number of H-pyrrole nitrogens is 3. The van der Waals surface area contributed by atoms with E-state index in [9.17, 15) is 24.3 Å². The number of carbonyl (C=O) groups is 4. The number of rotatable bonds is 12. The van der Waals surface area contributed by atoms with Crippen molar-refractivity contribution in [3.63, 3.8) is 0 Å². The number of imidazole rings is 2. The summed E-state index contributed by atoms with van der Waals surface area (Å²) in [5.41, 5.74) is 9.05. The number of amides is 3. The van der Waals surface area contributed by atoms with Gasteiger partial charge < -0.3 is 41.3 Å². The number of nitrogens with one attached hydrogen (secondary N) is 5. The molecule has 0 spiro atoms. The largest absolute Gasteiger partial charge is 0.480 e. The number of fused-ring (bicyclic) bond motifs is 1. The highest BCUT2D eigenvalue weighted by Crippen LogP contribution is 2.22. The van der Waals surface area contributed by atoms with Crippen LogP contribution in [0.4, 0.5) is 0 Å². The lowest BCUT2D eigenvalue weighted by Crippen LogP contribution is -2.57. The first-order valence-electron chi connectivity index (χ1n) is 13.7. The third-order valence-electron chi connectivity index (χ3n) is 7.48. The minimum atomic E-state index is -1.26. The van der Waals surface area contributed by atoms with E-state index < -0.39 is 42.0 Å². The van der Waals surface area contributed by atoms with Crippen LogP contribution in [-0.2, 0) is 38.4 Å². The molecule has 5 rings (SSSR count). The fourth-order valence-electron chi connectivity index (χ4n) is 5.32. The number of hydrogen-bond acceptors (Lipinski definition) is 7. The lowest BCUT2D eigenvalue weighted by atomic mass is 10.0. The number of likely N-dealkylation sites (tertiary alicyclic amines) is 1.